The number of aliphatic imine (C=N–C) groups is 1. The highest BCUT2D eigenvalue weighted by Gasteiger charge is 2.27. The molecular weight excluding hydrogens is 262 g/mol. The highest BCUT2D eigenvalue weighted by molar-refractivity contribution is 5.96. The number of rotatable bonds is 4. The smallest absolute Gasteiger partial charge is 0.216 e. The summed E-state index contributed by atoms with van der Waals surface area (Å²) in [5, 5.41) is 10.4. The Morgan fingerprint density at radius 2 is 1.95 bits per heavy atom. The van der Waals surface area contributed by atoms with Crippen molar-refractivity contribution in [3.8, 4) is 0 Å². The maximum absolute atomic E-state index is 10.4. The molecule has 0 aromatic heterocycles. The van der Waals surface area contributed by atoms with Gasteiger partial charge in [-0.15, -0.1) is 0 Å². The van der Waals surface area contributed by atoms with Crippen LogP contribution in [0.5, 0.6) is 0 Å². The molecular formula is C18H27NO2. The number of hydrogen-bond donors (Lipinski definition) is 1. The Morgan fingerprint density at radius 3 is 2.52 bits per heavy atom. The number of nitrogens with zero attached hydrogens (tertiary/aromatic N) is 1. The highest BCUT2D eigenvalue weighted by Crippen LogP contribution is 2.25. The molecule has 0 aliphatic carbocycles. The van der Waals surface area contributed by atoms with E-state index in [0.29, 0.717) is 18.9 Å². The van der Waals surface area contributed by atoms with Gasteiger partial charge in [0, 0.05) is 5.56 Å². The van der Waals surface area contributed by atoms with Gasteiger partial charge >= 0.3 is 0 Å². The third-order valence-electron chi connectivity index (χ3n) is 4.10. The van der Waals surface area contributed by atoms with E-state index in [9.17, 15) is 5.11 Å². The van der Waals surface area contributed by atoms with Gasteiger partial charge in [0.05, 0.1) is 12.1 Å². The van der Waals surface area contributed by atoms with Gasteiger partial charge in [-0.2, -0.15) is 0 Å². The van der Waals surface area contributed by atoms with Crippen LogP contribution in [0, 0.1) is 11.3 Å². The molecule has 1 heterocycles. The van der Waals surface area contributed by atoms with Crippen LogP contribution in [0.1, 0.15) is 45.7 Å². The first-order valence-electron chi connectivity index (χ1n) is 7.76. The second kappa shape index (κ2) is 6.18. The van der Waals surface area contributed by atoms with Gasteiger partial charge in [-0.3, -0.25) is 0 Å². The van der Waals surface area contributed by atoms with Crippen molar-refractivity contribution < 1.29 is 9.84 Å². The van der Waals surface area contributed by atoms with Crippen molar-refractivity contribution in [2.75, 3.05) is 6.61 Å². The van der Waals surface area contributed by atoms with Crippen LogP contribution in [0.25, 0.3) is 0 Å². The van der Waals surface area contributed by atoms with Crippen LogP contribution in [0.2, 0.25) is 0 Å². The van der Waals surface area contributed by atoms with Crippen LogP contribution in [-0.4, -0.2) is 29.8 Å². The molecule has 0 saturated heterocycles. The topological polar surface area (TPSA) is 41.8 Å². The van der Waals surface area contributed by atoms with Crippen LogP contribution in [-0.2, 0) is 11.2 Å². The van der Waals surface area contributed by atoms with E-state index < -0.39 is 0 Å². The predicted molar refractivity (Wildman–Crippen MR) is 86.7 cm³/mol. The van der Waals surface area contributed by atoms with Crippen molar-refractivity contribution in [2.45, 2.75) is 53.2 Å². The van der Waals surface area contributed by atoms with E-state index in [1.807, 2.05) is 18.2 Å². The van der Waals surface area contributed by atoms with Crippen molar-refractivity contribution >= 4 is 5.90 Å². The van der Waals surface area contributed by atoms with Gasteiger partial charge in [0.15, 0.2) is 0 Å². The van der Waals surface area contributed by atoms with Crippen molar-refractivity contribution in [2.24, 2.45) is 16.3 Å². The highest BCUT2D eigenvalue weighted by atomic mass is 16.5. The third kappa shape index (κ3) is 3.85. The lowest BCUT2D eigenvalue weighted by Crippen LogP contribution is -2.28. The van der Waals surface area contributed by atoms with Crippen molar-refractivity contribution in [1.29, 1.82) is 0 Å². The van der Waals surface area contributed by atoms with E-state index in [-0.39, 0.29) is 17.6 Å². The molecule has 3 heteroatoms. The normalized spacial score (nSPS) is 20.3. The summed E-state index contributed by atoms with van der Waals surface area (Å²) in [6.45, 7) is 11.1. The van der Waals surface area contributed by atoms with Gasteiger partial charge in [0.1, 0.15) is 6.61 Å². The standard InChI is InChI=1S/C18H27NO2/c1-12(2)15-11-21-17(19-15)14-9-7-6-8-13(14)10-16(20)18(3,4)5/h6-9,12,15-16,20H,10-11H2,1-5H3/t15-,16+/m1/s1. The van der Waals surface area contributed by atoms with Gasteiger partial charge in [-0.05, 0) is 29.4 Å². The number of ether oxygens (including phenoxy) is 1. The zero-order valence-corrected chi connectivity index (χ0v) is 13.8. The summed E-state index contributed by atoms with van der Waals surface area (Å²) >= 11 is 0. The van der Waals surface area contributed by atoms with Gasteiger partial charge < -0.3 is 9.84 Å². The summed E-state index contributed by atoms with van der Waals surface area (Å²) in [6, 6.07) is 8.33. The summed E-state index contributed by atoms with van der Waals surface area (Å²) < 4.78 is 5.79. The van der Waals surface area contributed by atoms with Crippen LogP contribution in [0.4, 0.5) is 0 Å². The van der Waals surface area contributed by atoms with Crippen molar-refractivity contribution in [3.05, 3.63) is 35.4 Å². The molecule has 0 radical (unpaired) electrons. The Hall–Kier alpha value is -1.35. The molecule has 1 aliphatic rings. The monoisotopic (exact) mass is 289 g/mol. The lowest BCUT2D eigenvalue weighted by atomic mass is 9.84. The van der Waals surface area contributed by atoms with E-state index in [4.69, 9.17) is 9.73 Å². The zero-order chi connectivity index (χ0) is 15.6. The summed E-state index contributed by atoms with van der Waals surface area (Å²) in [4.78, 5) is 4.70. The molecule has 0 unspecified atom stereocenters. The van der Waals surface area contributed by atoms with E-state index in [0.717, 1.165) is 17.0 Å². The van der Waals surface area contributed by atoms with Crippen LogP contribution in [0.3, 0.4) is 0 Å². The summed E-state index contributed by atoms with van der Waals surface area (Å²) in [7, 11) is 0. The average molecular weight is 289 g/mol. The molecule has 1 aromatic rings. The van der Waals surface area contributed by atoms with E-state index in [2.05, 4.69) is 40.7 Å². The minimum absolute atomic E-state index is 0.133. The van der Waals surface area contributed by atoms with E-state index in [1.165, 1.54) is 0 Å². The fraction of sp³-hybridized carbons (Fsp3) is 0.611. The molecule has 3 nitrogen and oxygen atoms in total. The van der Waals surface area contributed by atoms with Gasteiger partial charge in [-0.1, -0.05) is 52.8 Å². The molecule has 0 spiro atoms. The molecule has 1 aromatic carbocycles. The molecule has 0 bridgehead atoms. The third-order valence-corrected chi connectivity index (χ3v) is 4.10. The quantitative estimate of drug-likeness (QED) is 0.922. The van der Waals surface area contributed by atoms with Gasteiger partial charge in [0.2, 0.25) is 5.90 Å². The molecule has 1 aliphatic heterocycles. The Kier molecular flexibility index (Phi) is 4.72. The average Bonchev–Trinajstić information content (AvgIpc) is 2.88. The summed E-state index contributed by atoms with van der Waals surface area (Å²) in [5.41, 5.74) is 1.98. The molecule has 0 amide bonds. The van der Waals surface area contributed by atoms with Gasteiger partial charge in [0.25, 0.3) is 0 Å². The van der Waals surface area contributed by atoms with Crippen molar-refractivity contribution in [3.63, 3.8) is 0 Å². The molecule has 2 atom stereocenters. The lowest BCUT2D eigenvalue weighted by molar-refractivity contribution is 0.0635. The lowest BCUT2D eigenvalue weighted by Gasteiger charge is -2.26. The number of hydrogen-bond acceptors (Lipinski definition) is 3. The van der Waals surface area contributed by atoms with Crippen LogP contribution >= 0.6 is 0 Å². The molecule has 2 rings (SSSR count). The van der Waals surface area contributed by atoms with Crippen LogP contribution < -0.4 is 0 Å². The van der Waals surface area contributed by atoms with E-state index in [1.54, 1.807) is 0 Å². The molecule has 21 heavy (non-hydrogen) atoms. The zero-order valence-electron chi connectivity index (χ0n) is 13.8. The number of benzene rings is 1. The Morgan fingerprint density at radius 1 is 1.29 bits per heavy atom. The Balaban J connectivity index is 2.24. The van der Waals surface area contributed by atoms with Gasteiger partial charge in [-0.25, -0.2) is 4.99 Å². The van der Waals surface area contributed by atoms with Crippen molar-refractivity contribution in [1.82, 2.24) is 0 Å². The SMILES string of the molecule is CC(C)[C@H]1COC(c2ccccc2C[C@H](O)C(C)(C)C)=N1. The second-order valence-electron chi connectivity index (χ2n) is 7.30. The Bertz CT molecular complexity index is 514. The minimum atomic E-state index is -0.387. The van der Waals surface area contributed by atoms with E-state index >= 15 is 0 Å². The largest absolute Gasteiger partial charge is 0.475 e. The second-order valence-corrected chi connectivity index (χ2v) is 7.30. The molecule has 1 N–H and O–H groups in total. The number of aliphatic hydroxyl groups excluding tert-OH is 1. The molecule has 116 valence electrons. The minimum Gasteiger partial charge on any atom is -0.475 e. The fourth-order valence-corrected chi connectivity index (χ4v) is 2.30. The summed E-state index contributed by atoms with van der Waals surface area (Å²) in [6.07, 6.45) is 0.232. The maximum Gasteiger partial charge on any atom is 0.216 e. The molecule has 0 saturated carbocycles. The maximum atomic E-state index is 10.4. The Labute approximate surface area is 128 Å². The fourth-order valence-electron chi connectivity index (χ4n) is 2.30. The first-order valence-corrected chi connectivity index (χ1v) is 7.76. The molecule has 0 fully saturated rings. The summed E-state index contributed by atoms with van der Waals surface area (Å²) in [5.74, 6) is 1.21. The first-order chi connectivity index (χ1) is 9.79. The first kappa shape index (κ1) is 16.0. The number of aliphatic hydroxyl groups is 1. The van der Waals surface area contributed by atoms with Crippen LogP contribution in [0.15, 0.2) is 29.3 Å². The predicted octanol–water partition coefficient (Wildman–Crippen LogP) is 3.44.